The fourth-order valence-corrected chi connectivity index (χ4v) is 1.87. The molecule has 2 N–H and O–H groups in total. The van der Waals surface area contributed by atoms with Gasteiger partial charge in [0.05, 0.1) is 0 Å². The number of fused-ring (bicyclic) bond motifs is 1. The molecule has 0 bridgehead atoms. The Morgan fingerprint density at radius 2 is 2.00 bits per heavy atom. The molecule has 0 aromatic heterocycles. The monoisotopic (exact) mass is 236 g/mol. The van der Waals surface area contributed by atoms with Crippen LogP contribution in [0.3, 0.4) is 0 Å². The molecule has 17 heavy (non-hydrogen) atoms. The Kier molecular flexibility index (Phi) is 3.86. The summed E-state index contributed by atoms with van der Waals surface area (Å²) in [6.07, 6.45) is 0. The van der Waals surface area contributed by atoms with Crippen molar-refractivity contribution in [2.24, 2.45) is 0 Å². The lowest BCUT2D eigenvalue weighted by molar-refractivity contribution is 0.174. The first-order valence-corrected chi connectivity index (χ1v) is 6.01. The molecule has 0 fully saturated rings. The van der Waals surface area contributed by atoms with E-state index >= 15 is 0 Å². The molecule has 94 valence electrons. The number of ether oxygens (including phenoxy) is 2. The Morgan fingerprint density at radius 3 is 2.71 bits per heavy atom. The summed E-state index contributed by atoms with van der Waals surface area (Å²) in [7, 11) is 1.97. The maximum atomic E-state index is 5.39. The molecule has 0 spiro atoms. The molecule has 1 atom stereocenters. The number of rotatable bonds is 5. The number of likely N-dealkylation sites (N-methyl/N-ethyl adjacent to an activating group) is 1. The lowest BCUT2D eigenvalue weighted by Gasteiger charge is -2.19. The summed E-state index contributed by atoms with van der Waals surface area (Å²) >= 11 is 0. The topological polar surface area (TPSA) is 42.5 Å². The second-order valence-corrected chi connectivity index (χ2v) is 4.52. The van der Waals surface area contributed by atoms with Gasteiger partial charge in [0.15, 0.2) is 11.5 Å². The Balaban J connectivity index is 2.08. The SMILES string of the molecule is CNC(CNC(C)C)c1ccc2c(c1)OCO2. The molecule has 1 aromatic carbocycles. The van der Waals surface area contributed by atoms with Gasteiger partial charge in [-0.15, -0.1) is 0 Å². The van der Waals surface area contributed by atoms with Crippen LogP contribution in [0.2, 0.25) is 0 Å². The van der Waals surface area contributed by atoms with Crippen molar-refractivity contribution in [3.05, 3.63) is 23.8 Å². The highest BCUT2D eigenvalue weighted by molar-refractivity contribution is 5.45. The van der Waals surface area contributed by atoms with Crippen molar-refractivity contribution in [1.82, 2.24) is 10.6 Å². The molecular weight excluding hydrogens is 216 g/mol. The van der Waals surface area contributed by atoms with Crippen LogP contribution in [0.1, 0.15) is 25.5 Å². The first-order valence-electron chi connectivity index (χ1n) is 6.01. The van der Waals surface area contributed by atoms with Crippen molar-refractivity contribution >= 4 is 0 Å². The van der Waals surface area contributed by atoms with Crippen molar-refractivity contribution in [3.8, 4) is 11.5 Å². The van der Waals surface area contributed by atoms with Crippen LogP contribution in [0.5, 0.6) is 11.5 Å². The van der Waals surface area contributed by atoms with Crippen LogP contribution < -0.4 is 20.1 Å². The van der Waals surface area contributed by atoms with E-state index in [4.69, 9.17) is 9.47 Å². The van der Waals surface area contributed by atoms with E-state index in [0.29, 0.717) is 12.8 Å². The van der Waals surface area contributed by atoms with Crippen molar-refractivity contribution in [1.29, 1.82) is 0 Å². The highest BCUT2D eigenvalue weighted by Crippen LogP contribution is 2.33. The Bertz CT molecular complexity index is 380. The van der Waals surface area contributed by atoms with Gasteiger partial charge in [0.25, 0.3) is 0 Å². The van der Waals surface area contributed by atoms with Gasteiger partial charge >= 0.3 is 0 Å². The third-order valence-corrected chi connectivity index (χ3v) is 2.88. The van der Waals surface area contributed by atoms with E-state index < -0.39 is 0 Å². The average Bonchev–Trinajstić information content (AvgIpc) is 2.76. The maximum absolute atomic E-state index is 5.39. The predicted molar refractivity (Wildman–Crippen MR) is 67.5 cm³/mol. The standard InChI is InChI=1S/C13H20N2O2/c1-9(2)15-7-11(14-3)10-4-5-12-13(6-10)17-8-16-12/h4-6,9,11,14-15H,7-8H2,1-3H3. The Hall–Kier alpha value is -1.26. The van der Waals surface area contributed by atoms with Crippen LogP contribution in [0.15, 0.2) is 18.2 Å². The number of hydrogen-bond donors (Lipinski definition) is 2. The minimum absolute atomic E-state index is 0.284. The van der Waals surface area contributed by atoms with Crippen LogP contribution in [0, 0.1) is 0 Å². The van der Waals surface area contributed by atoms with Gasteiger partial charge in [-0.05, 0) is 24.7 Å². The van der Waals surface area contributed by atoms with Crippen molar-refractivity contribution in [2.75, 3.05) is 20.4 Å². The lowest BCUT2D eigenvalue weighted by Crippen LogP contribution is -2.33. The Labute approximate surface area is 102 Å². The van der Waals surface area contributed by atoms with Crippen LogP contribution in [0.25, 0.3) is 0 Å². The summed E-state index contributed by atoms with van der Waals surface area (Å²) in [5, 5.41) is 6.73. The van der Waals surface area contributed by atoms with Gasteiger partial charge in [-0.3, -0.25) is 0 Å². The zero-order chi connectivity index (χ0) is 12.3. The van der Waals surface area contributed by atoms with Gasteiger partial charge in [0.1, 0.15) is 0 Å². The predicted octanol–water partition coefficient (Wildman–Crippen LogP) is 1.67. The zero-order valence-electron chi connectivity index (χ0n) is 10.6. The number of benzene rings is 1. The fourth-order valence-electron chi connectivity index (χ4n) is 1.87. The minimum atomic E-state index is 0.284. The second-order valence-electron chi connectivity index (χ2n) is 4.52. The molecule has 1 aromatic rings. The van der Waals surface area contributed by atoms with Crippen LogP contribution >= 0.6 is 0 Å². The van der Waals surface area contributed by atoms with E-state index in [1.54, 1.807) is 0 Å². The van der Waals surface area contributed by atoms with Gasteiger partial charge in [-0.1, -0.05) is 19.9 Å². The largest absolute Gasteiger partial charge is 0.454 e. The molecule has 0 aliphatic carbocycles. The smallest absolute Gasteiger partial charge is 0.231 e. The van der Waals surface area contributed by atoms with Crippen LogP contribution in [-0.4, -0.2) is 26.4 Å². The van der Waals surface area contributed by atoms with E-state index in [-0.39, 0.29) is 6.04 Å². The van der Waals surface area contributed by atoms with E-state index in [1.165, 1.54) is 5.56 Å². The third kappa shape index (κ3) is 2.90. The first-order chi connectivity index (χ1) is 8.20. The van der Waals surface area contributed by atoms with E-state index in [1.807, 2.05) is 19.2 Å². The van der Waals surface area contributed by atoms with Crippen LogP contribution in [0.4, 0.5) is 0 Å². The summed E-state index contributed by atoms with van der Waals surface area (Å²) in [6, 6.07) is 6.87. The van der Waals surface area contributed by atoms with E-state index in [2.05, 4.69) is 30.5 Å². The molecule has 0 amide bonds. The van der Waals surface area contributed by atoms with E-state index in [0.717, 1.165) is 18.0 Å². The molecule has 0 radical (unpaired) electrons. The lowest BCUT2D eigenvalue weighted by atomic mass is 10.1. The molecule has 1 aliphatic heterocycles. The summed E-state index contributed by atoms with van der Waals surface area (Å²) in [5.74, 6) is 1.67. The normalized spacial score (nSPS) is 15.3. The molecule has 2 rings (SSSR count). The van der Waals surface area contributed by atoms with Crippen molar-refractivity contribution in [3.63, 3.8) is 0 Å². The van der Waals surface area contributed by atoms with Crippen molar-refractivity contribution in [2.45, 2.75) is 25.9 Å². The Morgan fingerprint density at radius 1 is 1.24 bits per heavy atom. The molecule has 0 saturated heterocycles. The molecule has 1 aliphatic rings. The number of nitrogens with one attached hydrogen (secondary N) is 2. The molecular formula is C13H20N2O2. The fraction of sp³-hybridized carbons (Fsp3) is 0.538. The van der Waals surface area contributed by atoms with Crippen LogP contribution in [-0.2, 0) is 0 Å². The summed E-state index contributed by atoms with van der Waals surface area (Å²) in [6.45, 7) is 5.51. The number of hydrogen-bond acceptors (Lipinski definition) is 4. The summed E-state index contributed by atoms with van der Waals surface area (Å²) < 4.78 is 10.7. The highest BCUT2D eigenvalue weighted by atomic mass is 16.7. The zero-order valence-corrected chi connectivity index (χ0v) is 10.6. The quantitative estimate of drug-likeness (QED) is 0.816. The van der Waals surface area contributed by atoms with Gasteiger partial charge in [-0.25, -0.2) is 0 Å². The van der Waals surface area contributed by atoms with E-state index in [9.17, 15) is 0 Å². The highest BCUT2D eigenvalue weighted by Gasteiger charge is 2.17. The van der Waals surface area contributed by atoms with Gasteiger partial charge in [0, 0.05) is 18.6 Å². The second kappa shape index (κ2) is 5.38. The third-order valence-electron chi connectivity index (χ3n) is 2.88. The first kappa shape index (κ1) is 12.2. The minimum Gasteiger partial charge on any atom is -0.454 e. The maximum Gasteiger partial charge on any atom is 0.231 e. The van der Waals surface area contributed by atoms with Crippen molar-refractivity contribution < 1.29 is 9.47 Å². The summed E-state index contributed by atoms with van der Waals surface area (Å²) in [4.78, 5) is 0. The molecule has 0 saturated carbocycles. The molecule has 1 heterocycles. The van der Waals surface area contributed by atoms with Gasteiger partial charge in [0.2, 0.25) is 6.79 Å². The van der Waals surface area contributed by atoms with Gasteiger partial charge < -0.3 is 20.1 Å². The molecule has 4 nitrogen and oxygen atoms in total. The molecule has 1 unspecified atom stereocenters. The average molecular weight is 236 g/mol. The molecule has 4 heteroatoms. The van der Waals surface area contributed by atoms with Gasteiger partial charge in [-0.2, -0.15) is 0 Å². The summed E-state index contributed by atoms with van der Waals surface area (Å²) in [5.41, 5.74) is 1.21.